The first-order valence-corrected chi connectivity index (χ1v) is 10.7. The van der Waals surface area contributed by atoms with Crippen molar-refractivity contribution in [1.29, 1.82) is 0 Å². The fourth-order valence-corrected chi connectivity index (χ4v) is 2.84. The number of esters is 2. The van der Waals surface area contributed by atoms with E-state index >= 15 is 0 Å². The summed E-state index contributed by atoms with van der Waals surface area (Å²) in [6.45, 7) is 7.22. The molecule has 0 fully saturated rings. The normalized spacial score (nSPS) is 13.9. The molecule has 0 heterocycles. The fourth-order valence-electron chi connectivity index (χ4n) is 2.84. The lowest BCUT2D eigenvalue weighted by molar-refractivity contribution is -0.161. The number of likely N-dealkylation sites (N-methyl/N-ethyl adjacent to an activating group) is 1. The molecular formula is C23H35N3O6. The van der Waals surface area contributed by atoms with E-state index in [-0.39, 0.29) is 13.2 Å². The van der Waals surface area contributed by atoms with Crippen LogP contribution in [0.15, 0.2) is 30.3 Å². The number of amides is 2. The van der Waals surface area contributed by atoms with Gasteiger partial charge in [-0.05, 0) is 17.4 Å². The van der Waals surface area contributed by atoms with Gasteiger partial charge in [0.15, 0.2) is 5.92 Å². The second-order valence-electron chi connectivity index (χ2n) is 8.54. The summed E-state index contributed by atoms with van der Waals surface area (Å²) in [4.78, 5) is 50.6. The van der Waals surface area contributed by atoms with Gasteiger partial charge in [0.2, 0.25) is 11.8 Å². The van der Waals surface area contributed by atoms with Gasteiger partial charge in [0.05, 0.1) is 6.61 Å². The van der Waals surface area contributed by atoms with Crippen LogP contribution in [0.5, 0.6) is 0 Å². The molecule has 4 N–H and O–H groups in total. The number of nitrogens with one attached hydrogen (secondary N) is 2. The summed E-state index contributed by atoms with van der Waals surface area (Å²) < 4.78 is 10.4. The molecule has 9 heteroatoms. The summed E-state index contributed by atoms with van der Waals surface area (Å²) in [5, 5.41) is 5.03. The van der Waals surface area contributed by atoms with Crippen LogP contribution in [-0.2, 0) is 35.3 Å². The minimum atomic E-state index is -1.66. The van der Waals surface area contributed by atoms with Gasteiger partial charge < -0.3 is 25.8 Å². The summed E-state index contributed by atoms with van der Waals surface area (Å²) >= 11 is 0. The minimum absolute atomic E-state index is 0.0601. The van der Waals surface area contributed by atoms with Crippen molar-refractivity contribution in [2.45, 2.75) is 59.2 Å². The van der Waals surface area contributed by atoms with Crippen molar-refractivity contribution in [1.82, 2.24) is 10.6 Å². The number of hydrogen-bond donors (Lipinski definition) is 3. The van der Waals surface area contributed by atoms with E-state index in [0.717, 1.165) is 12.0 Å². The minimum Gasteiger partial charge on any atom is -0.465 e. The Morgan fingerprint density at radius 3 is 2.16 bits per heavy atom. The van der Waals surface area contributed by atoms with E-state index in [1.165, 1.54) is 7.05 Å². The highest BCUT2D eigenvalue weighted by Crippen LogP contribution is 2.21. The zero-order valence-electron chi connectivity index (χ0n) is 19.5. The van der Waals surface area contributed by atoms with Gasteiger partial charge in [-0.15, -0.1) is 0 Å². The lowest BCUT2D eigenvalue weighted by Crippen LogP contribution is -2.58. The maximum absolute atomic E-state index is 13.0. The summed E-state index contributed by atoms with van der Waals surface area (Å²) in [6, 6.07) is 6.36. The topological polar surface area (TPSA) is 137 Å². The summed E-state index contributed by atoms with van der Waals surface area (Å²) in [5.74, 6) is -4.84. The van der Waals surface area contributed by atoms with Gasteiger partial charge in [-0.3, -0.25) is 19.2 Å². The molecule has 1 unspecified atom stereocenters. The third-order valence-corrected chi connectivity index (χ3v) is 4.80. The van der Waals surface area contributed by atoms with Gasteiger partial charge in [-0.1, -0.05) is 64.4 Å². The Balaban J connectivity index is 3.03. The van der Waals surface area contributed by atoms with Crippen molar-refractivity contribution in [3.05, 3.63) is 35.9 Å². The standard InChI is InChI=1S/C23H35N3O6/c1-6-7-13-31-21(29)16(19(27)26-18(20(28)25-5)23(2,3)4)17(24)22(30)32-14-15-11-9-8-10-12-15/h8-12,16-18H,6-7,13-14,24H2,1-5H3,(H,25,28)(H,26,27)/t16-,17?,18-/m1/s1. The second-order valence-corrected chi connectivity index (χ2v) is 8.54. The molecule has 0 aliphatic rings. The number of unbranched alkanes of at least 4 members (excludes halogenated alkanes) is 1. The zero-order valence-corrected chi connectivity index (χ0v) is 19.5. The van der Waals surface area contributed by atoms with Crippen molar-refractivity contribution in [3.8, 4) is 0 Å². The predicted molar refractivity (Wildman–Crippen MR) is 119 cm³/mol. The monoisotopic (exact) mass is 449 g/mol. The maximum atomic E-state index is 13.0. The van der Waals surface area contributed by atoms with Crippen LogP contribution in [0.1, 0.15) is 46.1 Å². The highest BCUT2D eigenvalue weighted by molar-refractivity contribution is 6.04. The second kappa shape index (κ2) is 12.8. The summed E-state index contributed by atoms with van der Waals surface area (Å²) in [5.41, 5.74) is 6.05. The van der Waals surface area contributed by atoms with Crippen molar-refractivity contribution in [3.63, 3.8) is 0 Å². The summed E-state index contributed by atoms with van der Waals surface area (Å²) in [7, 11) is 1.44. The molecule has 1 aromatic rings. The number of benzene rings is 1. The van der Waals surface area contributed by atoms with E-state index in [1.54, 1.807) is 45.0 Å². The number of carbonyl (C=O) groups is 4. The molecule has 3 atom stereocenters. The van der Waals surface area contributed by atoms with Crippen molar-refractivity contribution >= 4 is 23.8 Å². The van der Waals surface area contributed by atoms with Crippen molar-refractivity contribution < 1.29 is 28.7 Å². The van der Waals surface area contributed by atoms with Crippen LogP contribution >= 0.6 is 0 Å². The van der Waals surface area contributed by atoms with E-state index in [0.29, 0.717) is 6.42 Å². The number of nitrogens with two attached hydrogens (primary N) is 1. The molecule has 1 aromatic carbocycles. The molecule has 0 radical (unpaired) electrons. The molecule has 0 saturated carbocycles. The summed E-state index contributed by atoms with van der Waals surface area (Å²) in [6.07, 6.45) is 1.37. The molecule has 32 heavy (non-hydrogen) atoms. The van der Waals surface area contributed by atoms with Gasteiger partial charge in [0.1, 0.15) is 18.7 Å². The first kappa shape index (κ1) is 27.1. The molecule has 0 bridgehead atoms. The van der Waals surface area contributed by atoms with Crippen LogP contribution in [0.2, 0.25) is 0 Å². The highest BCUT2D eigenvalue weighted by atomic mass is 16.5. The van der Waals surface area contributed by atoms with Gasteiger partial charge in [-0.25, -0.2) is 0 Å². The quantitative estimate of drug-likeness (QED) is 0.263. The molecule has 0 aromatic heterocycles. The third-order valence-electron chi connectivity index (χ3n) is 4.80. The first-order valence-electron chi connectivity index (χ1n) is 10.7. The average molecular weight is 450 g/mol. The van der Waals surface area contributed by atoms with E-state index in [1.807, 2.05) is 13.0 Å². The Morgan fingerprint density at radius 1 is 1.00 bits per heavy atom. The predicted octanol–water partition coefficient (Wildman–Crippen LogP) is 1.29. The van der Waals surface area contributed by atoms with Gasteiger partial charge in [0.25, 0.3) is 0 Å². The van der Waals surface area contributed by atoms with Crippen LogP contribution < -0.4 is 16.4 Å². The van der Waals surface area contributed by atoms with Gasteiger partial charge in [-0.2, -0.15) is 0 Å². The molecule has 0 saturated heterocycles. The van der Waals surface area contributed by atoms with Crippen molar-refractivity contribution in [2.24, 2.45) is 17.1 Å². The molecular weight excluding hydrogens is 414 g/mol. The third kappa shape index (κ3) is 8.30. The molecule has 0 spiro atoms. The Bertz CT molecular complexity index is 776. The number of hydrogen-bond acceptors (Lipinski definition) is 7. The smallest absolute Gasteiger partial charge is 0.324 e. The molecule has 2 amide bonds. The Labute approximate surface area is 189 Å². The van der Waals surface area contributed by atoms with E-state index in [9.17, 15) is 19.2 Å². The largest absolute Gasteiger partial charge is 0.465 e. The van der Waals surface area contributed by atoms with Gasteiger partial charge >= 0.3 is 11.9 Å². The van der Waals surface area contributed by atoms with Gasteiger partial charge in [0, 0.05) is 7.05 Å². The Morgan fingerprint density at radius 2 is 1.62 bits per heavy atom. The fraction of sp³-hybridized carbons (Fsp3) is 0.565. The molecule has 178 valence electrons. The average Bonchev–Trinajstić information content (AvgIpc) is 2.75. The maximum Gasteiger partial charge on any atom is 0.324 e. The molecule has 9 nitrogen and oxygen atoms in total. The molecule has 1 rings (SSSR count). The van der Waals surface area contributed by atoms with Crippen LogP contribution in [0.25, 0.3) is 0 Å². The van der Waals surface area contributed by atoms with E-state index in [2.05, 4.69) is 10.6 Å². The van der Waals surface area contributed by atoms with Crippen molar-refractivity contribution in [2.75, 3.05) is 13.7 Å². The Hall–Kier alpha value is -2.94. The number of rotatable bonds is 11. The van der Waals surface area contributed by atoms with Crippen LogP contribution in [0.3, 0.4) is 0 Å². The highest BCUT2D eigenvalue weighted by Gasteiger charge is 2.42. The van der Waals surface area contributed by atoms with Crippen LogP contribution in [-0.4, -0.2) is 49.5 Å². The molecule has 0 aliphatic carbocycles. The number of carbonyl (C=O) groups excluding carboxylic acids is 4. The SMILES string of the molecule is CCCCOC(=O)[C@@H](C(=O)N[C@H](C(=O)NC)C(C)(C)C)C(N)C(=O)OCc1ccccc1. The lowest BCUT2D eigenvalue weighted by atomic mass is 9.85. The lowest BCUT2D eigenvalue weighted by Gasteiger charge is -2.31. The number of ether oxygens (including phenoxy) is 2. The van der Waals surface area contributed by atoms with E-state index in [4.69, 9.17) is 15.2 Å². The Kier molecular flexibility index (Phi) is 10.8. The first-order chi connectivity index (χ1) is 15.0. The van der Waals surface area contributed by atoms with Crippen LogP contribution in [0.4, 0.5) is 0 Å². The zero-order chi connectivity index (χ0) is 24.3. The molecule has 0 aliphatic heterocycles. The van der Waals surface area contributed by atoms with Crippen LogP contribution in [0, 0.1) is 11.3 Å². The van der Waals surface area contributed by atoms with E-state index < -0.39 is 47.2 Å².